The first-order chi connectivity index (χ1) is 16.7. The van der Waals surface area contributed by atoms with Crippen LogP contribution in [0.15, 0.2) is 42.5 Å². The standard InChI is InChI=1S/C27H33N3O5/c1-6-34-24(31)15-13-21-12-14-23-25(19(21)2)28-29-30(23)16-7-17-33-18-20-8-10-22(11-9-20)26(32)35-27(3,4)5/h8-15H,6-7,16-18H2,1-5H3/b15-13-. The van der Waals surface area contributed by atoms with E-state index in [9.17, 15) is 9.59 Å². The first kappa shape index (κ1) is 26.1. The fourth-order valence-electron chi connectivity index (χ4n) is 3.46. The number of benzene rings is 2. The fraction of sp³-hybridized carbons (Fsp3) is 0.407. The van der Waals surface area contributed by atoms with Crippen LogP contribution in [0.2, 0.25) is 0 Å². The number of aromatic nitrogens is 3. The number of hydrogen-bond donors (Lipinski definition) is 0. The second-order valence-electron chi connectivity index (χ2n) is 9.15. The summed E-state index contributed by atoms with van der Waals surface area (Å²) in [7, 11) is 0. The molecule has 1 aromatic heterocycles. The number of rotatable bonds is 10. The molecule has 0 spiro atoms. The second-order valence-corrected chi connectivity index (χ2v) is 9.15. The number of nitrogens with zero attached hydrogens (tertiary/aromatic N) is 3. The number of carbonyl (C=O) groups is 2. The van der Waals surface area contributed by atoms with Gasteiger partial charge in [-0.2, -0.15) is 0 Å². The molecule has 0 bridgehead atoms. The molecule has 0 aliphatic heterocycles. The highest BCUT2D eigenvalue weighted by Crippen LogP contribution is 2.21. The third kappa shape index (κ3) is 7.48. The summed E-state index contributed by atoms with van der Waals surface area (Å²) >= 11 is 0. The van der Waals surface area contributed by atoms with Gasteiger partial charge in [-0.1, -0.05) is 23.4 Å². The molecule has 0 unspecified atom stereocenters. The first-order valence-corrected chi connectivity index (χ1v) is 11.8. The Labute approximate surface area is 205 Å². The van der Waals surface area contributed by atoms with Gasteiger partial charge in [-0.05, 0) is 82.0 Å². The van der Waals surface area contributed by atoms with Gasteiger partial charge in [-0.15, -0.1) is 5.10 Å². The first-order valence-electron chi connectivity index (χ1n) is 11.8. The van der Waals surface area contributed by atoms with Gasteiger partial charge in [0.2, 0.25) is 0 Å². The lowest BCUT2D eigenvalue weighted by Crippen LogP contribution is -2.23. The van der Waals surface area contributed by atoms with Gasteiger partial charge in [0.05, 0.1) is 24.3 Å². The van der Waals surface area contributed by atoms with E-state index in [1.165, 1.54) is 6.08 Å². The average molecular weight is 480 g/mol. The minimum atomic E-state index is -0.517. The fourth-order valence-corrected chi connectivity index (χ4v) is 3.46. The quantitative estimate of drug-likeness (QED) is 0.232. The van der Waals surface area contributed by atoms with Crippen LogP contribution in [0.4, 0.5) is 0 Å². The smallest absolute Gasteiger partial charge is 0.338 e. The Morgan fingerprint density at radius 2 is 1.83 bits per heavy atom. The average Bonchev–Trinajstić information content (AvgIpc) is 3.21. The Balaban J connectivity index is 1.49. The summed E-state index contributed by atoms with van der Waals surface area (Å²) in [5, 5.41) is 8.60. The summed E-state index contributed by atoms with van der Waals surface area (Å²) in [4.78, 5) is 23.7. The van der Waals surface area contributed by atoms with E-state index in [-0.39, 0.29) is 11.9 Å². The summed E-state index contributed by atoms with van der Waals surface area (Å²) in [6.45, 7) is 11.3. The lowest BCUT2D eigenvalue weighted by molar-refractivity contribution is -0.137. The SMILES string of the molecule is CCOC(=O)/C=C\c1ccc2c(nnn2CCCOCc2ccc(C(=O)OC(C)(C)C)cc2)c1C. The van der Waals surface area contributed by atoms with E-state index in [1.807, 2.05) is 56.6 Å². The molecule has 0 radical (unpaired) electrons. The molecular weight excluding hydrogens is 446 g/mol. The van der Waals surface area contributed by atoms with Crippen molar-refractivity contribution >= 4 is 29.0 Å². The van der Waals surface area contributed by atoms with Gasteiger partial charge in [0, 0.05) is 19.2 Å². The Morgan fingerprint density at radius 1 is 1.09 bits per heavy atom. The predicted octanol–water partition coefficient (Wildman–Crippen LogP) is 4.88. The Morgan fingerprint density at radius 3 is 2.51 bits per heavy atom. The molecule has 8 nitrogen and oxygen atoms in total. The van der Waals surface area contributed by atoms with E-state index in [0.29, 0.717) is 31.9 Å². The Kier molecular flexibility index (Phi) is 8.76. The van der Waals surface area contributed by atoms with Gasteiger partial charge in [0.1, 0.15) is 11.1 Å². The molecule has 0 saturated carbocycles. The van der Waals surface area contributed by atoms with E-state index in [0.717, 1.165) is 34.1 Å². The van der Waals surface area contributed by atoms with Gasteiger partial charge in [0.25, 0.3) is 0 Å². The van der Waals surface area contributed by atoms with Crippen molar-refractivity contribution in [3.05, 3.63) is 64.7 Å². The topological polar surface area (TPSA) is 92.5 Å². The van der Waals surface area contributed by atoms with E-state index in [2.05, 4.69) is 10.3 Å². The van der Waals surface area contributed by atoms with Crippen LogP contribution in [-0.2, 0) is 32.2 Å². The number of hydrogen-bond acceptors (Lipinski definition) is 7. The van der Waals surface area contributed by atoms with Gasteiger partial charge in [-0.25, -0.2) is 14.3 Å². The van der Waals surface area contributed by atoms with Crippen molar-refractivity contribution in [2.45, 2.75) is 59.8 Å². The van der Waals surface area contributed by atoms with E-state index in [4.69, 9.17) is 14.2 Å². The molecule has 0 fully saturated rings. The van der Waals surface area contributed by atoms with Crippen molar-refractivity contribution in [3.63, 3.8) is 0 Å². The minimum Gasteiger partial charge on any atom is -0.463 e. The zero-order valence-electron chi connectivity index (χ0n) is 21.0. The second kappa shape index (κ2) is 11.8. The van der Waals surface area contributed by atoms with Crippen molar-refractivity contribution in [1.82, 2.24) is 15.0 Å². The van der Waals surface area contributed by atoms with Gasteiger partial charge >= 0.3 is 11.9 Å². The van der Waals surface area contributed by atoms with Crippen LogP contribution < -0.4 is 0 Å². The van der Waals surface area contributed by atoms with Gasteiger partial charge in [0.15, 0.2) is 0 Å². The zero-order valence-corrected chi connectivity index (χ0v) is 21.0. The number of esters is 2. The van der Waals surface area contributed by atoms with Crippen LogP contribution >= 0.6 is 0 Å². The maximum atomic E-state index is 12.1. The van der Waals surface area contributed by atoms with Crippen molar-refractivity contribution < 1.29 is 23.8 Å². The van der Waals surface area contributed by atoms with Crippen LogP contribution in [0.5, 0.6) is 0 Å². The van der Waals surface area contributed by atoms with E-state index < -0.39 is 5.60 Å². The lowest BCUT2D eigenvalue weighted by Gasteiger charge is -2.19. The Bertz CT molecular complexity index is 1190. The molecule has 0 amide bonds. The molecule has 0 N–H and O–H groups in total. The molecule has 0 aliphatic rings. The maximum Gasteiger partial charge on any atom is 0.338 e. The van der Waals surface area contributed by atoms with Crippen LogP contribution in [0, 0.1) is 6.92 Å². The predicted molar refractivity (Wildman–Crippen MR) is 134 cm³/mol. The molecular formula is C27H33N3O5. The molecule has 2 aromatic carbocycles. The molecule has 3 aromatic rings. The highest BCUT2D eigenvalue weighted by molar-refractivity contribution is 5.90. The highest BCUT2D eigenvalue weighted by Gasteiger charge is 2.17. The highest BCUT2D eigenvalue weighted by atomic mass is 16.6. The van der Waals surface area contributed by atoms with Gasteiger partial charge in [-0.3, -0.25) is 0 Å². The molecule has 186 valence electrons. The molecule has 1 heterocycles. The Hall–Kier alpha value is -3.52. The summed E-state index contributed by atoms with van der Waals surface area (Å²) < 4.78 is 18.0. The molecule has 8 heteroatoms. The van der Waals surface area contributed by atoms with Crippen LogP contribution in [-0.4, -0.2) is 45.7 Å². The monoisotopic (exact) mass is 479 g/mol. The number of ether oxygens (including phenoxy) is 3. The summed E-state index contributed by atoms with van der Waals surface area (Å²) in [5.41, 5.74) is 4.60. The summed E-state index contributed by atoms with van der Waals surface area (Å²) in [6, 6.07) is 11.2. The van der Waals surface area contributed by atoms with Crippen LogP contribution in [0.3, 0.4) is 0 Å². The van der Waals surface area contributed by atoms with Crippen molar-refractivity contribution in [2.24, 2.45) is 0 Å². The molecule has 3 rings (SSSR count). The normalized spacial score (nSPS) is 11.8. The van der Waals surface area contributed by atoms with E-state index >= 15 is 0 Å². The van der Waals surface area contributed by atoms with Crippen molar-refractivity contribution in [3.8, 4) is 0 Å². The third-order valence-corrected chi connectivity index (χ3v) is 5.18. The largest absolute Gasteiger partial charge is 0.463 e. The molecule has 0 saturated heterocycles. The number of fused-ring (bicyclic) bond motifs is 1. The lowest BCUT2D eigenvalue weighted by atomic mass is 10.1. The summed E-state index contributed by atoms with van der Waals surface area (Å²) in [5.74, 6) is -0.697. The van der Waals surface area contributed by atoms with Crippen LogP contribution in [0.25, 0.3) is 17.1 Å². The summed E-state index contributed by atoms with van der Waals surface area (Å²) in [6.07, 6.45) is 3.93. The van der Waals surface area contributed by atoms with Crippen LogP contribution in [0.1, 0.15) is 61.2 Å². The third-order valence-electron chi connectivity index (χ3n) is 5.18. The maximum absolute atomic E-state index is 12.1. The zero-order chi connectivity index (χ0) is 25.4. The van der Waals surface area contributed by atoms with Crippen molar-refractivity contribution in [1.29, 1.82) is 0 Å². The molecule has 0 atom stereocenters. The molecule has 0 aliphatic carbocycles. The van der Waals surface area contributed by atoms with Gasteiger partial charge < -0.3 is 14.2 Å². The minimum absolute atomic E-state index is 0.331. The van der Waals surface area contributed by atoms with E-state index in [1.54, 1.807) is 25.1 Å². The van der Waals surface area contributed by atoms with Crippen molar-refractivity contribution in [2.75, 3.05) is 13.2 Å². The number of aryl methyl sites for hydroxylation is 2. The number of carbonyl (C=O) groups excluding carboxylic acids is 2. The molecule has 35 heavy (non-hydrogen) atoms.